The molecule has 5 fully saturated rings. The number of nitrogens with zero attached hydrogens (tertiary/aromatic N) is 4. The van der Waals surface area contributed by atoms with Gasteiger partial charge in [0.25, 0.3) is 11.8 Å². The number of nitrogens with one attached hydrogen (secondary N) is 3. The highest BCUT2D eigenvalue weighted by Gasteiger charge is 2.68. The van der Waals surface area contributed by atoms with Crippen molar-refractivity contribution < 1.29 is 54.6 Å². The average molecular weight is 1020 g/mol. The lowest BCUT2D eigenvalue weighted by atomic mass is 9.85. The van der Waals surface area contributed by atoms with E-state index in [2.05, 4.69) is 20.6 Å². The number of amides is 4. The van der Waals surface area contributed by atoms with Gasteiger partial charge in [0, 0.05) is 26.1 Å². The predicted octanol–water partition coefficient (Wildman–Crippen LogP) is 5.28. The summed E-state index contributed by atoms with van der Waals surface area (Å²) in [5, 5.41) is 14.6. The fourth-order valence-corrected chi connectivity index (χ4v) is 17.1. The van der Waals surface area contributed by atoms with Crippen LogP contribution in [-0.4, -0.2) is 102 Å². The Morgan fingerprint density at radius 2 is 1.81 bits per heavy atom. The van der Waals surface area contributed by atoms with Crippen LogP contribution < -0.4 is 20.1 Å². The smallest absolute Gasteiger partial charge is 0.408 e. The number of halogens is 5. The maximum atomic E-state index is 16.5. The van der Waals surface area contributed by atoms with E-state index in [1.165, 1.54) is 32.0 Å². The van der Waals surface area contributed by atoms with E-state index < -0.39 is 148 Å². The van der Waals surface area contributed by atoms with Gasteiger partial charge in [-0.3, -0.25) is 19.1 Å². The third kappa shape index (κ3) is 8.21. The highest BCUT2D eigenvalue weighted by atomic mass is 127. The van der Waals surface area contributed by atoms with Crippen LogP contribution in [0.1, 0.15) is 97.2 Å². The van der Waals surface area contributed by atoms with Gasteiger partial charge in [0.2, 0.25) is 34.1 Å². The molecule has 0 unspecified atom stereocenters. The number of hydrogen-bond acceptors (Lipinski definition) is 11. The van der Waals surface area contributed by atoms with Crippen LogP contribution in [0.15, 0.2) is 18.2 Å². The highest BCUT2D eigenvalue weighted by molar-refractivity contribution is 14.2. The second kappa shape index (κ2) is 15.7. The number of sulfonamides is 1. The molecule has 1 aromatic carbocycles. The van der Waals surface area contributed by atoms with Crippen LogP contribution in [0.25, 0.3) is 11.0 Å². The normalized spacial score (nSPS) is 33.8. The number of hydrogen-bond donors (Lipinski definition) is 3. The monoisotopic (exact) mass is 1020 g/mol. The zero-order valence-electron chi connectivity index (χ0n) is 35.3. The molecule has 1 aromatic heterocycles. The van der Waals surface area contributed by atoms with Gasteiger partial charge >= 0.3 is 6.09 Å². The van der Waals surface area contributed by atoms with Crippen LogP contribution in [0, 0.1) is 38.8 Å². The molecule has 0 radical (unpaired) electrons. The fourth-order valence-electron chi connectivity index (χ4n) is 9.40. The molecule has 342 valence electrons. The quantitative estimate of drug-likeness (QED) is 0.193. The lowest BCUT2D eigenvalue weighted by Crippen LogP contribution is -2.61. The molecule has 3 aliphatic heterocycles. The number of nitriles is 1. The molecule has 63 heavy (non-hydrogen) atoms. The topological polar surface area (TPSA) is 210 Å². The molecule has 2 aromatic rings. The van der Waals surface area contributed by atoms with Gasteiger partial charge in [-0.1, -0.05) is 34.1 Å². The van der Waals surface area contributed by atoms with Crippen molar-refractivity contribution in [3.63, 3.8) is 0 Å². The molecule has 6 aliphatic rings. The van der Waals surface area contributed by atoms with Crippen LogP contribution in [0.3, 0.4) is 0 Å². The van der Waals surface area contributed by atoms with E-state index in [9.17, 15) is 41.6 Å². The van der Waals surface area contributed by atoms with Crippen LogP contribution in [0.5, 0.6) is 5.88 Å². The first-order chi connectivity index (χ1) is 29.4. The maximum absolute atomic E-state index is 16.5. The molecule has 3 aliphatic carbocycles. The molecule has 0 spiro atoms. The summed E-state index contributed by atoms with van der Waals surface area (Å²) in [5.41, 5.74) is -3.96. The molecule has 21 heteroatoms. The molecular formula is C42H50F4IN7O8S. The van der Waals surface area contributed by atoms with E-state index in [1.807, 2.05) is 10.8 Å². The van der Waals surface area contributed by atoms with Crippen molar-refractivity contribution in [3.05, 3.63) is 29.5 Å². The average Bonchev–Trinajstić information content (AvgIpc) is 4.15. The van der Waals surface area contributed by atoms with Gasteiger partial charge < -0.3 is 25.0 Å². The summed E-state index contributed by atoms with van der Waals surface area (Å²) in [7, 11) is -4.33. The Balaban J connectivity index is 1.19. The Bertz CT molecular complexity index is 2510. The van der Waals surface area contributed by atoms with Gasteiger partial charge in [-0.25, -0.2) is 32.0 Å². The summed E-state index contributed by atoms with van der Waals surface area (Å²) in [5.74, 6) is -10.6. The first-order valence-corrected chi connectivity index (χ1v) is 26.3. The minimum atomic E-state index is -4.33. The Hall–Kier alpha value is -4.29. The van der Waals surface area contributed by atoms with E-state index in [-0.39, 0.29) is 49.6 Å². The molecule has 4 heterocycles. The van der Waals surface area contributed by atoms with Crippen molar-refractivity contribution in [1.82, 2.24) is 30.2 Å². The Labute approximate surface area is 368 Å². The summed E-state index contributed by atoms with van der Waals surface area (Å²) < 4.78 is 108. The van der Waals surface area contributed by atoms with Gasteiger partial charge in [-0.05, 0) is 69.1 Å². The summed E-state index contributed by atoms with van der Waals surface area (Å²) in [6.07, 6.45) is -5.33. The maximum Gasteiger partial charge on any atom is 0.408 e. The van der Waals surface area contributed by atoms with E-state index in [0.717, 1.165) is 4.90 Å². The van der Waals surface area contributed by atoms with Crippen molar-refractivity contribution in [2.45, 2.75) is 141 Å². The second-order valence-corrected chi connectivity index (χ2v) is 26.6. The Morgan fingerprint density at radius 3 is 2.44 bits per heavy atom. The minimum Gasteiger partial charge on any atom is -0.471 e. The van der Waals surface area contributed by atoms with Crippen molar-refractivity contribution in [2.75, 3.05) is 6.54 Å². The third-order valence-electron chi connectivity index (χ3n) is 13.8. The molecule has 4 amide bonds. The molecule has 15 nitrogen and oxygen atoms in total. The first kappa shape index (κ1) is 45.3. The van der Waals surface area contributed by atoms with E-state index in [0.29, 0.717) is 19.3 Å². The molecule has 2 bridgehead atoms. The Kier molecular flexibility index (Phi) is 11.3. The summed E-state index contributed by atoms with van der Waals surface area (Å²) >= 11 is -1.77. The second-order valence-electron chi connectivity index (χ2n) is 19.2. The number of aromatic nitrogens is 2. The number of carbonyl (C=O) groups is 4. The lowest BCUT2D eigenvalue weighted by Gasteiger charge is -2.36. The highest BCUT2D eigenvalue weighted by Crippen LogP contribution is 2.67. The van der Waals surface area contributed by atoms with E-state index in [1.54, 1.807) is 20.8 Å². The van der Waals surface area contributed by atoms with Crippen LogP contribution >= 0.6 is 19.1 Å². The summed E-state index contributed by atoms with van der Waals surface area (Å²) in [4.78, 5) is 66.7. The van der Waals surface area contributed by atoms with Gasteiger partial charge in [-0.2, -0.15) is 14.0 Å². The Morgan fingerprint density at radius 1 is 1.10 bits per heavy atom. The number of alkyl halides is 6. The first-order valence-electron chi connectivity index (χ1n) is 21.0. The lowest BCUT2D eigenvalue weighted by molar-refractivity contribution is -0.143. The minimum absolute atomic E-state index is 0.0520. The molecule has 10 atom stereocenters. The van der Waals surface area contributed by atoms with Crippen molar-refractivity contribution in [1.29, 1.82) is 5.26 Å². The zero-order chi connectivity index (χ0) is 45.8. The molecular weight excluding hydrogens is 965 g/mol. The van der Waals surface area contributed by atoms with Crippen molar-refractivity contribution >= 4 is 64.0 Å². The molecule has 8 rings (SSSR count). The van der Waals surface area contributed by atoms with E-state index in [4.69, 9.17) is 13.8 Å². The van der Waals surface area contributed by atoms with Gasteiger partial charge in [0.15, 0.2) is 5.69 Å². The predicted molar refractivity (Wildman–Crippen MR) is 227 cm³/mol. The van der Waals surface area contributed by atoms with Crippen LogP contribution in [-0.2, 0) is 35.1 Å². The third-order valence-corrected chi connectivity index (χ3v) is 21.7. The number of ether oxygens (including phenoxy) is 2. The van der Waals surface area contributed by atoms with Gasteiger partial charge in [0.1, 0.15) is 29.8 Å². The summed E-state index contributed by atoms with van der Waals surface area (Å²) in [6.45, 7) is 7.36. The van der Waals surface area contributed by atoms with E-state index >= 15 is 8.78 Å². The van der Waals surface area contributed by atoms with Crippen LogP contribution in [0.4, 0.5) is 22.4 Å². The van der Waals surface area contributed by atoms with Gasteiger partial charge in [-0.15, -0.1) is 23.5 Å². The SMILES string of the molecule is C#I1[C@@H]2[C@H]3CCCCC(F)(F)c4nc5ccc(C#N)cc5nc4O[C@H]4CN(C(=O)[C@H](C(C)(C)C)NC(=O)O[C@@H]3C[C@@H]21)[C@H](C(=O)N[C@]1(C(=O)NS(=O)(=O)C2(C)CC2)C[C@H]1C(F)F)[C@@H]4C. The number of alkyl carbamates (subject to hydrolysis) is 1. The van der Waals surface area contributed by atoms with Crippen molar-refractivity contribution in [3.8, 4) is 16.3 Å². The van der Waals surface area contributed by atoms with Crippen molar-refractivity contribution in [2.24, 2.45) is 23.2 Å². The summed E-state index contributed by atoms with van der Waals surface area (Å²) in [6, 6.07) is 3.09. The molecule has 3 saturated carbocycles. The largest absolute Gasteiger partial charge is 0.471 e. The number of fused-ring (bicyclic) bond motifs is 7. The van der Waals surface area contributed by atoms with Gasteiger partial charge in [0.05, 0.1) is 39.9 Å². The zero-order valence-corrected chi connectivity index (χ0v) is 38.3. The fraction of sp³-hybridized carbons (Fsp3) is 0.667. The molecule has 2 saturated heterocycles. The molecule has 3 N–H and O–H groups in total. The number of benzene rings is 1. The number of carbonyl (C=O) groups excluding carboxylic acids is 4. The van der Waals surface area contributed by atoms with Crippen LogP contribution in [0.2, 0.25) is 0 Å². The number of rotatable bonds is 6. The standard InChI is InChI=1S/C42H50F4IN7O8S/c1-20-28-19-54(30(20)34(55)52-41(17-23(41)33(43)44)37(57)53-63(59,60)40(5)13-14-40)36(56)32(39(2,3)4)51-38(58)62-27-16-24-29(47(24)6)22(27)9-7-8-12-42(45,46)31-35(61-28)50-26-15-21(18-48)10-11-25(26)49-31/h6,10-11,15,20,22-24,27-30,32-33H,7-9,12-14,16-17,19H2,1-5H3,(H,51,58)(H,52,55)(H,53,57)/t20-,22+,23+,24+,27-,28+,29-,30+,32-,41-/m1/s1.